The maximum atomic E-state index is 13.5. The number of aromatic nitrogens is 2. The van der Waals surface area contributed by atoms with E-state index in [9.17, 15) is 14.4 Å². The van der Waals surface area contributed by atoms with E-state index in [2.05, 4.69) is 5.32 Å². The van der Waals surface area contributed by atoms with Gasteiger partial charge in [0.15, 0.2) is 0 Å². The minimum Gasteiger partial charge on any atom is -0.385 e. The SMILES string of the molecule is COCCCNC(=O)Cc1ccc(-n2c(=O)c3ccccc3n(Cc3cccc(Cl)c3)c2=O)cc1. The molecule has 0 spiro atoms. The molecule has 3 aromatic carbocycles. The summed E-state index contributed by atoms with van der Waals surface area (Å²) in [4.78, 5) is 39.0. The molecule has 180 valence electrons. The lowest BCUT2D eigenvalue weighted by Crippen LogP contribution is -2.39. The maximum absolute atomic E-state index is 13.5. The molecule has 0 aliphatic rings. The number of para-hydroxylation sites is 1. The summed E-state index contributed by atoms with van der Waals surface area (Å²) < 4.78 is 7.72. The smallest absolute Gasteiger partial charge is 0.336 e. The van der Waals surface area contributed by atoms with Gasteiger partial charge in [-0.1, -0.05) is 48.0 Å². The topological polar surface area (TPSA) is 82.3 Å². The average molecular weight is 492 g/mol. The predicted molar refractivity (Wildman–Crippen MR) is 138 cm³/mol. The lowest BCUT2D eigenvalue weighted by Gasteiger charge is -2.15. The number of fused-ring (bicyclic) bond motifs is 1. The van der Waals surface area contributed by atoms with E-state index in [1.807, 2.05) is 12.1 Å². The molecule has 0 bridgehead atoms. The van der Waals surface area contributed by atoms with Crippen LogP contribution in [0.3, 0.4) is 0 Å². The van der Waals surface area contributed by atoms with Crippen molar-refractivity contribution in [2.45, 2.75) is 19.4 Å². The number of benzene rings is 3. The van der Waals surface area contributed by atoms with Crippen LogP contribution in [-0.2, 0) is 22.5 Å². The number of hydrogen-bond donors (Lipinski definition) is 1. The average Bonchev–Trinajstić information content (AvgIpc) is 2.86. The molecule has 1 amide bonds. The van der Waals surface area contributed by atoms with Crippen molar-refractivity contribution in [2.75, 3.05) is 20.3 Å². The summed E-state index contributed by atoms with van der Waals surface area (Å²) in [7, 11) is 1.62. The molecule has 0 aliphatic carbocycles. The van der Waals surface area contributed by atoms with E-state index in [4.69, 9.17) is 16.3 Å². The van der Waals surface area contributed by atoms with Crippen LogP contribution in [0.2, 0.25) is 5.02 Å². The second-order valence-electron chi connectivity index (χ2n) is 8.20. The molecule has 0 unspecified atom stereocenters. The number of nitrogens with one attached hydrogen (secondary N) is 1. The van der Waals surface area contributed by atoms with Gasteiger partial charge in [0.1, 0.15) is 0 Å². The van der Waals surface area contributed by atoms with E-state index >= 15 is 0 Å². The van der Waals surface area contributed by atoms with Crippen molar-refractivity contribution in [2.24, 2.45) is 0 Å². The Bertz CT molecular complexity index is 1460. The summed E-state index contributed by atoms with van der Waals surface area (Å²) in [5, 5.41) is 3.86. The summed E-state index contributed by atoms with van der Waals surface area (Å²) in [5.41, 5.74) is 1.79. The minimum absolute atomic E-state index is 0.0967. The zero-order chi connectivity index (χ0) is 24.8. The first-order valence-electron chi connectivity index (χ1n) is 11.3. The standard InChI is InChI=1S/C27H26ClN3O4/c1-35-15-5-14-29-25(32)17-19-10-12-22(13-11-19)31-26(33)23-8-2-3-9-24(23)30(27(31)34)18-20-6-4-7-21(28)16-20/h2-4,6-13,16H,5,14-15,17-18H2,1H3,(H,29,32). The quantitative estimate of drug-likeness (QED) is 0.363. The van der Waals surface area contributed by atoms with Gasteiger partial charge in [-0.05, 0) is 53.9 Å². The number of ether oxygens (including phenoxy) is 1. The Kier molecular flexibility index (Phi) is 7.80. The first kappa shape index (κ1) is 24.4. The van der Waals surface area contributed by atoms with Gasteiger partial charge in [0.25, 0.3) is 5.56 Å². The molecule has 0 aliphatic heterocycles. The molecule has 0 fully saturated rings. The molecule has 1 aromatic heterocycles. The molecule has 4 rings (SSSR count). The third kappa shape index (κ3) is 5.70. The van der Waals surface area contributed by atoms with Gasteiger partial charge < -0.3 is 10.1 Å². The normalized spacial score (nSPS) is 11.0. The zero-order valence-electron chi connectivity index (χ0n) is 19.4. The fraction of sp³-hybridized carbons (Fsp3) is 0.222. The van der Waals surface area contributed by atoms with Gasteiger partial charge in [0.05, 0.1) is 29.6 Å². The number of methoxy groups -OCH3 is 1. The Labute approximate surface area is 207 Å². The summed E-state index contributed by atoms with van der Waals surface area (Å²) in [5.74, 6) is -0.0967. The molecular weight excluding hydrogens is 466 g/mol. The molecule has 0 saturated heterocycles. The van der Waals surface area contributed by atoms with Gasteiger partial charge >= 0.3 is 5.69 Å². The van der Waals surface area contributed by atoms with E-state index in [1.165, 1.54) is 4.57 Å². The first-order valence-corrected chi connectivity index (χ1v) is 11.7. The highest BCUT2D eigenvalue weighted by Gasteiger charge is 2.15. The van der Waals surface area contributed by atoms with Crippen LogP contribution in [0, 0.1) is 0 Å². The van der Waals surface area contributed by atoms with Crippen LogP contribution in [0.25, 0.3) is 16.6 Å². The summed E-state index contributed by atoms with van der Waals surface area (Å²) >= 11 is 6.14. The summed E-state index contributed by atoms with van der Waals surface area (Å²) in [6.45, 7) is 1.40. The number of halogens is 1. The van der Waals surface area contributed by atoms with Gasteiger partial charge in [0, 0.05) is 25.3 Å². The molecule has 35 heavy (non-hydrogen) atoms. The van der Waals surface area contributed by atoms with Crippen molar-refractivity contribution in [1.29, 1.82) is 0 Å². The highest BCUT2D eigenvalue weighted by Crippen LogP contribution is 2.15. The van der Waals surface area contributed by atoms with Crippen molar-refractivity contribution in [3.8, 4) is 5.69 Å². The second-order valence-corrected chi connectivity index (χ2v) is 8.63. The number of amides is 1. The van der Waals surface area contributed by atoms with Crippen LogP contribution < -0.4 is 16.6 Å². The monoisotopic (exact) mass is 491 g/mol. The van der Waals surface area contributed by atoms with Crippen LogP contribution in [0.1, 0.15) is 17.5 Å². The summed E-state index contributed by atoms with van der Waals surface area (Å²) in [6, 6.07) is 21.2. The molecule has 0 atom stereocenters. The Morgan fingerprint density at radius 3 is 2.49 bits per heavy atom. The van der Waals surface area contributed by atoms with E-state index in [-0.39, 0.29) is 18.9 Å². The fourth-order valence-electron chi connectivity index (χ4n) is 3.97. The van der Waals surface area contributed by atoms with Crippen molar-refractivity contribution in [3.05, 3.63) is 110 Å². The third-order valence-corrected chi connectivity index (χ3v) is 5.92. The van der Waals surface area contributed by atoms with E-state index in [1.54, 1.807) is 72.3 Å². The Morgan fingerprint density at radius 2 is 1.74 bits per heavy atom. The number of carbonyl (C=O) groups excluding carboxylic acids is 1. The molecule has 0 saturated carbocycles. The second kappa shape index (κ2) is 11.2. The van der Waals surface area contributed by atoms with Gasteiger partial charge in [0.2, 0.25) is 5.91 Å². The molecule has 4 aromatic rings. The highest BCUT2D eigenvalue weighted by atomic mass is 35.5. The van der Waals surface area contributed by atoms with Crippen molar-refractivity contribution < 1.29 is 9.53 Å². The predicted octanol–water partition coefficient (Wildman–Crippen LogP) is 3.55. The molecule has 1 N–H and O–H groups in total. The molecular formula is C27H26ClN3O4. The van der Waals surface area contributed by atoms with Gasteiger partial charge in [-0.3, -0.25) is 14.2 Å². The minimum atomic E-state index is -0.447. The lowest BCUT2D eigenvalue weighted by atomic mass is 10.1. The number of carbonyl (C=O) groups is 1. The first-order chi connectivity index (χ1) is 17.0. The van der Waals surface area contributed by atoms with Crippen LogP contribution in [-0.4, -0.2) is 35.3 Å². The van der Waals surface area contributed by atoms with E-state index in [0.717, 1.165) is 17.5 Å². The highest BCUT2D eigenvalue weighted by molar-refractivity contribution is 6.30. The molecule has 7 nitrogen and oxygen atoms in total. The number of rotatable bonds is 9. The lowest BCUT2D eigenvalue weighted by molar-refractivity contribution is -0.120. The third-order valence-electron chi connectivity index (χ3n) is 5.69. The van der Waals surface area contributed by atoms with Gasteiger partial charge in [-0.15, -0.1) is 0 Å². The van der Waals surface area contributed by atoms with Crippen LogP contribution in [0.5, 0.6) is 0 Å². The van der Waals surface area contributed by atoms with Gasteiger partial charge in [-0.2, -0.15) is 0 Å². The van der Waals surface area contributed by atoms with E-state index in [0.29, 0.717) is 34.8 Å². The molecule has 0 radical (unpaired) electrons. The zero-order valence-corrected chi connectivity index (χ0v) is 20.1. The van der Waals surface area contributed by atoms with Crippen molar-refractivity contribution >= 4 is 28.4 Å². The molecule has 8 heteroatoms. The van der Waals surface area contributed by atoms with Crippen LogP contribution >= 0.6 is 11.6 Å². The Morgan fingerprint density at radius 1 is 0.971 bits per heavy atom. The van der Waals surface area contributed by atoms with Crippen molar-refractivity contribution in [1.82, 2.24) is 14.5 Å². The molecule has 1 heterocycles. The van der Waals surface area contributed by atoms with Crippen LogP contribution in [0.15, 0.2) is 82.4 Å². The van der Waals surface area contributed by atoms with Gasteiger partial charge in [-0.25, -0.2) is 9.36 Å². The largest absolute Gasteiger partial charge is 0.385 e. The van der Waals surface area contributed by atoms with Crippen LogP contribution in [0.4, 0.5) is 0 Å². The van der Waals surface area contributed by atoms with E-state index < -0.39 is 11.2 Å². The Hall–Kier alpha value is -3.68. The Balaban J connectivity index is 1.67. The van der Waals surface area contributed by atoms with Crippen molar-refractivity contribution in [3.63, 3.8) is 0 Å². The number of nitrogens with zero attached hydrogens (tertiary/aromatic N) is 2. The number of hydrogen-bond acceptors (Lipinski definition) is 4. The fourth-order valence-corrected chi connectivity index (χ4v) is 4.19. The maximum Gasteiger partial charge on any atom is 0.336 e. The summed E-state index contributed by atoms with van der Waals surface area (Å²) in [6.07, 6.45) is 0.951.